The third-order valence-electron chi connectivity index (χ3n) is 3.25. The lowest BCUT2D eigenvalue weighted by atomic mass is 10.2. The molecule has 2 rings (SSSR count). The molecule has 0 radical (unpaired) electrons. The molecule has 9 heteroatoms. The van der Waals surface area contributed by atoms with Crippen LogP contribution in [0.25, 0.3) is 0 Å². The Labute approximate surface area is 149 Å². The van der Waals surface area contributed by atoms with E-state index >= 15 is 0 Å². The molecule has 0 aliphatic carbocycles. The summed E-state index contributed by atoms with van der Waals surface area (Å²) in [5.74, 6) is -2.49. The van der Waals surface area contributed by atoms with Crippen molar-refractivity contribution in [1.82, 2.24) is 5.06 Å². The van der Waals surface area contributed by atoms with Crippen molar-refractivity contribution in [3.05, 3.63) is 35.9 Å². The molecule has 140 valence electrons. The predicted octanol–water partition coefficient (Wildman–Crippen LogP) is 0.370. The molecular formula is C17H19NO8. The average molecular weight is 365 g/mol. The summed E-state index contributed by atoms with van der Waals surface area (Å²) in [5.41, 5.74) is 0.873. The number of amides is 2. The number of rotatable bonds is 10. The van der Waals surface area contributed by atoms with Gasteiger partial charge in [0.15, 0.2) is 0 Å². The lowest BCUT2D eigenvalue weighted by Gasteiger charge is -2.12. The van der Waals surface area contributed by atoms with Gasteiger partial charge in [-0.3, -0.25) is 9.59 Å². The van der Waals surface area contributed by atoms with Crippen LogP contribution in [0.2, 0.25) is 0 Å². The van der Waals surface area contributed by atoms with Crippen LogP contribution < -0.4 is 0 Å². The third-order valence-corrected chi connectivity index (χ3v) is 3.25. The maximum atomic E-state index is 11.5. The van der Waals surface area contributed by atoms with Gasteiger partial charge in [-0.15, -0.1) is 5.06 Å². The van der Waals surface area contributed by atoms with Crippen LogP contribution in [0.3, 0.4) is 0 Å². The quantitative estimate of drug-likeness (QED) is 0.332. The molecule has 0 N–H and O–H groups in total. The van der Waals surface area contributed by atoms with Crippen LogP contribution in [0.15, 0.2) is 30.3 Å². The molecule has 1 aromatic carbocycles. The van der Waals surface area contributed by atoms with E-state index in [4.69, 9.17) is 14.2 Å². The number of carbonyl (C=O) groups excluding carboxylic acids is 4. The minimum Gasteiger partial charge on any atom is -0.459 e. The van der Waals surface area contributed by atoms with E-state index in [1.54, 1.807) is 0 Å². The molecule has 0 atom stereocenters. The number of ether oxygens (including phenoxy) is 3. The Hall–Kier alpha value is -2.78. The largest absolute Gasteiger partial charge is 0.459 e. The molecular weight excluding hydrogens is 346 g/mol. The molecule has 1 fully saturated rings. The Balaban J connectivity index is 1.48. The van der Waals surface area contributed by atoms with Gasteiger partial charge in [-0.25, -0.2) is 9.59 Å². The van der Waals surface area contributed by atoms with Gasteiger partial charge in [0.2, 0.25) is 0 Å². The molecule has 0 aromatic heterocycles. The second kappa shape index (κ2) is 10.3. The zero-order chi connectivity index (χ0) is 18.8. The zero-order valence-electron chi connectivity index (χ0n) is 14.0. The first-order chi connectivity index (χ1) is 12.6. The van der Waals surface area contributed by atoms with E-state index in [9.17, 15) is 19.2 Å². The summed E-state index contributed by atoms with van der Waals surface area (Å²) >= 11 is 0. The third kappa shape index (κ3) is 6.61. The summed E-state index contributed by atoms with van der Waals surface area (Å²) in [6, 6.07) is 9.23. The number of hydroxylamine groups is 2. The second-order valence-electron chi connectivity index (χ2n) is 5.30. The van der Waals surface area contributed by atoms with Crippen molar-refractivity contribution in [2.45, 2.75) is 19.4 Å². The molecule has 1 aliphatic heterocycles. The number of hydrogen-bond acceptors (Lipinski definition) is 8. The molecule has 0 unspecified atom stereocenters. The molecule has 1 heterocycles. The summed E-state index contributed by atoms with van der Waals surface area (Å²) in [6.07, 6.45) is 0.0579. The van der Waals surface area contributed by atoms with Gasteiger partial charge in [-0.1, -0.05) is 30.3 Å². The van der Waals surface area contributed by atoms with Gasteiger partial charge in [0.05, 0.1) is 13.2 Å². The number of imide groups is 1. The molecule has 1 aliphatic rings. The number of nitrogens with zero attached hydrogens (tertiary/aromatic N) is 1. The van der Waals surface area contributed by atoms with Crippen LogP contribution in [0, 0.1) is 0 Å². The highest BCUT2D eigenvalue weighted by atomic mass is 16.7. The van der Waals surface area contributed by atoms with Crippen molar-refractivity contribution >= 4 is 23.8 Å². The van der Waals surface area contributed by atoms with E-state index in [2.05, 4.69) is 4.84 Å². The van der Waals surface area contributed by atoms with E-state index in [0.29, 0.717) is 5.06 Å². The Morgan fingerprint density at radius 3 is 2.08 bits per heavy atom. The number of esters is 1. The zero-order valence-corrected chi connectivity index (χ0v) is 14.0. The Morgan fingerprint density at radius 1 is 0.885 bits per heavy atom. The summed E-state index contributed by atoms with van der Waals surface area (Å²) in [7, 11) is 0. The van der Waals surface area contributed by atoms with E-state index in [1.807, 2.05) is 30.3 Å². The van der Waals surface area contributed by atoms with Crippen LogP contribution in [0.4, 0.5) is 0 Å². The van der Waals surface area contributed by atoms with Gasteiger partial charge in [-0.2, -0.15) is 0 Å². The summed E-state index contributed by atoms with van der Waals surface area (Å²) in [6.45, 7) is -0.423. The Kier molecular flexibility index (Phi) is 7.72. The van der Waals surface area contributed by atoms with Gasteiger partial charge in [-0.05, 0) is 5.56 Å². The Bertz CT molecular complexity index is 629. The van der Waals surface area contributed by atoms with Crippen molar-refractivity contribution in [3.63, 3.8) is 0 Å². The van der Waals surface area contributed by atoms with Gasteiger partial charge >= 0.3 is 11.9 Å². The van der Waals surface area contributed by atoms with Crippen LogP contribution in [-0.4, -0.2) is 55.2 Å². The maximum absolute atomic E-state index is 11.5. The smallest absolute Gasteiger partial charge is 0.358 e. The van der Waals surface area contributed by atoms with Crippen molar-refractivity contribution in [3.8, 4) is 0 Å². The highest BCUT2D eigenvalue weighted by Crippen LogP contribution is 2.11. The molecule has 0 saturated carbocycles. The number of hydrogen-bond donors (Lipinski definition) is 0. The summed E-state index contributed by atoms with van der Waals surface area (Å²) in [5, 5.41) is 0.449. The van der Waals surface area contributed by atoms with E-state index in [0.717, 1.165) is 5.56 Å². The monoisotopic (exact) mass is 365 g/mol. The molecule has 1 aromatic rings. The van der Waals surface area contributed by atoms with Crippen LogP contribution in [0.1, 0.15) is 18.4 Å². The standard InChI is InChI=1S/C17H19NO8/c19-14-6-7-15(20)18(14)26-17(22)12-24-9-8-23-11-16(21)25-10-13-4-2-1-3-5-13/h1-5H,6-12H2. The molecule has 2 amide bonds. The lowest BCUT2D eigenvalue weighted by molar-refractivity contribution is -0.200. The summed E-state index contributed by atoms with van der Waals surface area (Å²) < 4.78 is 15.1. The number of carbonyl (C=O) groups is 4. The SMILES string of the molecule is O=C(COCCOCC(=O)ON1C(=O)CCC1=O)OCc1ccccc1. The summed E-state index contributed by atoms with van der Waals surface area (Å²) in [4.78, 5) is 50.1. The van der Waals surface area contributed by atoms with E-state index in [1.165, 1.54) is 0 Å². The molecule has 9 nitrogen and oxygen atoms in total. The minimum atomic E-state index is -0.865. The number of benzene rings is 1. The Morgan fingerprint density at radius 2 is 1.46 bits per heavy atom. The van der Waals surface area contributed by atoms with Crippen LogP contribution in [0.5, 0.6) is 0 Å². The highest BCUT2D eigenvalue weighted by Gasteiger charge is 2.32. The highest BCUT2D eigenvalue weighted by molar-refractivity contribution is 6.01. The normalized spacial score (nSPS) is 13.8. The average Bonchev–Trinajstić information content (AvgIpc) is 2.95. The first kappa shape index (κ1) is 19.5. The first-order valence-corrected chi connectivity index (χ1v) is 7.98. The van der Waals surface area contributed by atoms with Crippen LogP contribution >= 0.6 is 0 Å². The van der Waals surface area contributed by atoms with E-state index in [-0.39, 0.29) is 39.3 Å². The van der Waals surface area contributed by atoms with Gasteiger partial charge in [0, 0.05) is 12.8 Å². The topological polar surface area (TPSA) is 108 Å². The first-order valence-electron chi connectivity index (χ1n) is 7.98. The van der Waals surface area contributed by atoms with Crippen molar-refractivity contribution in [2.24, 2.45) is 0 Å². The van der Waals surface area contributed by atoms with Gasteiger partial charge < -0.3 is 19.0 Å². The minimum absolute atomic E-state index is 0.0290. The maximum Gasteiger partial charge on any atom is 0.358 e. The predicted molar refractivity (Wildman–Crippen MR) is 85.1 cm³/mol. The second-order valence-corrected chi connectivity index (χ2v) is 5.30. The van der Waals surface area contributed by atoms with Gasteiger partial charge in [0.25, 0.3) is 11.8 Å². The fraction of sp³-hybridized carbons (Fsp3) is 0.412. The van der Waals surface area contributed by atoms with E-state index < -0.39 is 30.4 Å². The van der Waals surface area contributed by atoms with Gasteiger partial charge in [0.1, 0.15) is 19.8 Å². The fourth-order valence-electron chi connectivity index (χ4n) is 1.99. The molecule has 26 heavy (non-hydrogen) atoms. The molecule has 0 spiro atoms. The van der Waals surface area contributed by atoms with Crippen molar-refractivity contribution < 1.29 is 38.2 Å². The lowest BCUT2D eigenvalue weighted by Crippen LogP contribution is -2.33. The van der Waals surface area contributed by atoms with Crippen molar-refractivity contribution in [2.75, 3.05) is 26.4 Å². The fourth-order valence-corrected chi connectivity index (χ4v) is 1.99. The molecule has 1 saturated heterocycles. The van der Waals surface area contributed by atoms with Crippen molar-refractivity contribution in [1.29, 1.82) is 0 Å². The van der Waals surface area contributed by atoms with Crippen LogP contribution in [-0.2, 0) is 44.8 Å². The molecule has 0 bridgehead atoms.